The van der Waals surface area contributed by atoms with Crippen molar-refractivity contribution in [1.82, 2.24) is 24.7 Å². The summed E-state index contributed by atoms with van der Waals surface area (Å²) in [7, 11) is -3.46. The third-order valence-corrected chi connectivity index (χ3v) is 15.5. The molecule has 16 heteroatoms. The summed E-state index contributed by atoms with van der Waals surface area (Å²) in [4.78, 5) is 68.2. The van der Waals surface area contributed by atoms with Gasteiger partial charge in [-0.2, -0.15) is 0 Å². The van der Waals surface area contributed by atoms with Crippen LogP contribution in [0.15, 0.2) is 42.5 Å². The molecular weight excluding hydrogens is 744 g/mol. The number of likely N-dealkylation sites (tertiary alicyclic amines) is 1. The molecule has 2 unspecified atom stereocenters. The molecule has 300 valence electrons. The van der Waals surface area contributed by atoms with Crippen LogP contribution in [0.5, 0.6) is 0 Å². The normalized spacial score (nSPS) is 25.4. The van der Waals surface area contributed by atoms with Gasteiger partial charge in [-0.25, -0.2) is 21.9 Å². The van der Waals surface area contributed by atoms with Crippen LogP contribution in [0.1, 0.15) is 96.9 Å². The molecule has 2 N–H and O–H groups in total. The molecular formula is C40H49FN6O8S. The number of hydrogen-bond donors (Lipinski definition) is 2. The molecule has 6 aliphatic rings. The number of carbonyl (C=O) groups is 5. The smallest absolute Gasteiger partial charge is 0.407 e. The molecule has 5 amide bonds. The Morgan fingerprint density at radius 1 is 0.857 bits per heavy atom. The first kappa shape index (κ1) is 38.5. The quantitative estimate of drug-likeness (QED) is 0.378. The summed E-state index contributed by atoms with van der Waals surface area (Å²) in [6.07, 6.45) is 6.61. The zero-order valence-corrected chi connectivity index (χ0v) is 32.2. The van der Waals surface area contributed by atoms with Crippen LogP contribution in [0, 0.1) is 11.2 Å². The number of nitrogens with zero attached hydrogens (tertiary/aromatic N) is 4. The lowest BCUT2D eigenvalue weighted by atomic mass is 9.76. The number of rotatable bonds is 8. The number of alkyl carbamates (subject to hydrolysis) is 1. The summed E-state index contributed by atoms with van der Waals surface area (Å²) in [6, 6.07) is 11.1. The summed E-state index contributed by atoms with van der Waals surface area (Å²) in [5, 5.41) is 4.65. The minimum Gasteiger partial charge on any atom is -0.445 e. The van der Waals surface area contributed by atoms with Gasteiger partial charge in [0.25, 0.3) is 11.8 Å². The van der Waals surface area contributed by atoms with Gasteiger partial charge in [-0.1, -0.05) is 30.3 Å². The number of carbonyl (C=O) groups excluding carboxylic acids is 5. The molecule has 5 aliphatic heterocycles. The highest BCUT2D eigenvalue weighted by atomic mass is 32.2. The van der Waals surface area contributed by atoms with Crippen molar-refractivity contribution in [3.05, 3.63) is 65.0 Å². The van der Waals surface area contributed by atoms with Crippen LogP contribution in [-0.4, -0.2) is 115 Å². The number of imide groups is 2. The largest absolute Gasteiger partial charge is 0.445 e. The Hall–Kier alpha value is -4.41. The molecule has 0 bridgehead atoms. The summed E-state index contributed by atoms with van der Waals surface area (Å²) in [6.45, 7) is 3.58. The summed E-state index contributed by atoms with van der Waals surface area (Å²) < 4.78 is 49.9. The van der Waals surface area contributed by atoms with Gasteiger partial charge < -0.3 is 19.9 Å². The lowest BCUT2D eigenvalue weighted by molar-refractivity contribution is -0.136. The molecule has 56 heavy (non-hydrogen) atoms. The van der Waals surface area contributed by atoms with Crippen molar-refractivity contribution in [2.45, 2.75) is 101 Å². The van der Waals surface area contributed by atoms with Gasteiger partial charge in [-0.3, -0.25) is 29.4 Å². The van der Waals surface area contributed by atoms with E-state index in [1.807, 2.05) is 35.2 Å². The number of anilines is 1. The van der Waals surface area contributed by atoms with Gasteiger partial charge in [0, 0.05) is 44.7 Å². The topological polar surface area (TPSA) is 166 Å². The second-order valence-electron chi connectivity index (χ2n) is 16.3. The van der Waals surface area contributed by atoms with Gasteiger partial charge in [-0.15, -0.1) is 0 Å². The Bertz CT molecular complexity index is 1990. The van der Waals surface area contributed by atoms with Gasteiger partial charge in [0.2, 0.25) is 21.8 Å². The molecule has 0 radical (unpaired) electrons. The predicted molar refractivity (Wildman–Crippen MR) is 202 cm³/mol. The predicted octanol–water partition coefficient (Wildman–Crippen LogP) is 3.55. The van der Waals surface area contributed by atoms with E-state index < -0.39 is 56.9 Å². The number of amides is 5. The van der Waals surface area contributed by atoms with Gasteiger partial charge in [0.05, 0.1) is 22.1 Å². The van der Waals surface area contributed by atoms with E-state index in [1.165, 1.54) is 6.07 Å². The van der Waals surface area contributed by atoms with Crippen molar-refractivity contribution in [3.8, 4) is 0 Å². The van der Waals surface area contributed by atoms with Gasteiger partial charge in [0.15, 0.2) is 0 Å². The molecule has 2 aromatic rings. The standard InChI is InChI=1S/C40H49FN6O8S/c41-32-22-30-31(38(51)47(37(30)50)33-6-7-35(48)43-36(33)49)23-34(32)45-20-14-40(15-21-45)13-8-28(24-40)44-16-11-29(12-17-44)56(53,54)46-18-9-27(10-19-46)42-39(52)55-25-26-4-2-1-3-5-26/h1-5,22-23,27-29,33H,6-21,24-25H2,(H,42,52)(H,43,48,49). The Balaban J connectivity index is 0.796. The minimum absolute atomic E-state index is 0.0107. The van der Waals surface area contributed by atoms with Gasteiger partial charge in [0.1, 0.15) is 18.5 Å². The highest BCUT2D eigenvalue weighted by Crippen LogP contribution is 2.49. The number of sulfonamides is 1. The maximum absolute atomic E-state index is 15.6. The molecule has 1 saturated carbocycles. The van der Waals surface area contributed by atoms with Gasteiger partial charge >= 0.3 is 6.09 Å². The Morgan fingerprint density at radius 3 is 2.21 bits per heavy atom. The molecule has 14 nitrogen and oxygen atoms in total. The van der Waals surface area contributed by atoms with E-state index in [-0.39, 0.29) is 47.7 Å². The maximum Gasteiger partial charge on any atom is 0.407 e. The first-order chi connectivity index (χ1) is 26.9. The number of benzene rings is 2. The lowest BCUT2D eigenvalue weighted by Gasteiger charge is -2.42. The monoisotopic (exact) mass is 792 g/mol. The van der Waals surface area contributed by atoms with Crippen LogP contribution < -0.4 is 15.5 Å². The van der Waals surface area contributed by atoms with Crippen molar-refractivity contribution < 1.29 is 41.5 Å². The number of ether oxygens (including phenoxy) is 1. The molecule has 1 aliphatic carbocycles. The maximum atomic E-state index is 15.6. The van der Waals surface area contributed by atoms with Crippen molar-refractivity contribution in [3.63, 3.8) is 0 Å². The molecule has 5 fully saturated rings. The number of piperidine rings is 4. The van der Waals surface area contributed by atoms with E-state index >= 15 is 4.39 Å². The average Bonchev–Trinajstić information content (AvgIpc) is 3.71. The summed E-state index contributed by atoms with van der Waals surface area (Å²) >= 11 is 0. The van der Waals surface area contributed by atoms with Crippen LogP contribution in [0.4, 0.5) is 14.9 Å². The van der Waals surface area contributed by atoms with Crippen molar-refractivity contribution in [2.24, 2.45) is 5.41 Å². The van der Waals surface area contributed by atoms with Crippen molar-refractivity contribution in [2.75, 3.05) is 44.2 Å². The van der Waals surface area contributed by atoms with E-state index in [0.29, 0.717) is 57.9 Å². The molecule has 5 heterocycles. The lowest BCUT2D eigenvalue weighted by Crippen LogP contribution is -2.54. The summed E-state index contributed by atoms with van der Waals surface area (Å²) in [5.41, 5.74) is 1.28. The number of nitrogens with one attached hydrogen (secondary N) is 2. The fourth-order valence-electron chi connectivity index (χ4n) is 9.82. The number of hydrogen-bond acceptors (Lipinski definition) is 10. The van der Waals surface area contributed by atoms with Crippen molar-refractivity contribution >= 4 is 45.4 Å². The van der Waals surface area contributed by atoms with E-state index in [2.05, 4.69) is 15.5 Å². The van der Waals surface area contributed by atoms with E-state index in [4.69, 9.17) is 4.74 Å². The molecule has 8 rings (SSSR count). The molecule has 1 spiro atoms. The number of halogens is 1. The third kappa shape index (κ3) is 7.54. The Morgan fingerprint density at radius 2 is 1.54 bits per heavy atom. The van der Waals surface area contributed by atoms with Crippen LogP contribution in [-0.2, 0) is 31.0 Å². The highest BCUT2D eigenvalue weighted by molar-refractivity contribution is 7.89. The fourth-order valence-corrected chi connectivity index (χ4v) is 11.8. The van der Waals surface area contributed by atoms with E-state index in [0.717, 1.165) is 61.7 Å². The Kier molecular flexibility index (Phi) is 10.6. The minimum atomic E-state index is -3.46. The Labute approximate surface area is 326 Å². The third-order valence-electron chi connectivity index (χ3n) is 13.1. The van der Waals surface area contributed by atoms with Crippen molar-refractivity contribution in [1.29, 1.82) is 0 Å². The SMILES string of the molecule is O=C1CCC(N2C(=O)c3cc(F)c(N4CCC5(CCC(N6CCC(S(=O)(=O)N7CCC(NC(=O)OCc8ccccc8)CC7)CC6)C5)CC4)cc3C2=O)C(=O)N1. The fraction of sp³-hybridized carbons (Fsp3) is 0.575. The zero-order chi connectivity index (χ0) is 39.2. The number of fused-ring (bicyclic) bond motifs is 1. The molecule has 0 aromatic heterocycles. The van der Waals surface area contributed by atoms with Crippen LogP contribution in [0.25, 0.3) is 0 Å². The van der Waals surface area contributed by atoms with E-state index in [1.54, 1.807) is 4.31 Å². The first-order valence-electron chi connectivity index (χ1n) is 19.9. The summed E-state index contributed by atoms with van der Waals surface area (Å²) in [5.74, 6) is -3.13. The molecule has 2 atom stereocenters. The van der Waals surface area contributed by atoms with E-state index in [9.17, 15) is 32.4 Å². The second kappa shape index (κ2) is 15.5. The highest BCUT2D eigenvalue weighted by Gasteiger charge is 2.47. The molecule has 4 saturated heterocycles. The van der Waals surface area contributed by atoms with Crippen LogP contribution in [0.3, 0.4) is 0 Å². The van der Waals surface area contributed by atoms with Gasteiger partial charge in [-0.05, 0) is 100 Å². The first-order valence-corrected chi connectivity index (χ1v) is 21.4. The zero-order valence-electron chi connectivity index (χ0n) is 31.4. The van der Waals surface area contributed by atoms with Crippen LogP contribution in [0.2, 0.25) is 0 Å². The second-order valence-corrected chi connectivity index (χ2v) is 18.6. The van der Waals surface area contributed by atoms with Crippen LogP contribution >= 0.6 is 0 Å². The average molecular weight is 793 g/mol. The molecule has 2 aromatic carbocycles.